The number of ether oxygens (including phenoxy) is 1. The van der Waals surface area contributed by atoms with Crippen LogP contribution in [0.15, 0.2) is 42.5 Å². The highest BCUT2D eigenvalue weighted by atomic mass is 35.5. The van der Waals surface area contributed by atoms with Crippen LogP contribution in [-0.2, 0) is 16.0 Å². The van der Waals surface area contributed by atoms with Crippen molar-refractivity contribution in [2.45, 2.75) is 26.4 Å². The largest absolute Gasteiger partial charge is 0.450 e. The van der Waals surface area contributed by atoms with E-state index in [9.17, 15) is 14.4 Å². The number of benzene rings is 2. The molecule has 0 fully saturated rings. The smallest absolute Gasteiger partial charge is 0.350 e. The highest BCUT2D eigenvalue weighted by molar-refractivity contribution is 7.21. The van der Waals surface area contributed by atoms with Crippen molar-refractivity contribution in [3.05, 3.63) is 63.5 Å². The van der Waals surface area contributed by atoms with Crippen molar-refractivity contribution in [1.29, 1.82) is 0 Å². The van der Waals surface area contributed by atoms with Gasteiger partial charge in [-0.1, -0.05) is 29.8 Å². The number of hydrogen-bond acceptors (Lipinski definition) is 5. The van der Waals surface area contributed by atoms with Gasteiger partial charge in [0, 0.05) is 34.8 Å². The molecule has 4 rings (SSSR count). The van der Waals surface area contributed by atoms with Crippen molar-refractivity contribution in [1.82, 2.24) is 0 Å². The number of ketones is 1. The Kier molecular flexibility index (Phi) is 5.15. The fraction of sp³-hybridized carbons (Fsp3) is 0.227. The van der Waals surface area contributed by atoms with Crippen LogP contribution in [0.3, 0.4) is 0 Å². The fourth-order valence-electron chi connectivity index (χ4n) is 3.53. The first-order chi connectivity index (χ1) is 13.9. The molecule has 0 saturated carbocycles. The summed E-state index contributed by atoms with van der Waals surface area (Å²) in [6.45, 7) is 3.68. The van der Waals surface area contributed by atoms with E-state index in [1.807, 2.05) is 24.3 Å². The van der Waals surface area contributed by atoms with Crippen molar-refractivity contribution in [3.63, 3.8) is 0 Å². The van der Waals surface area contributed by atoms with Crippen molar-refractivity contribution in [3.8, 4) is 0 Å². The first-order valence-corrected chi connectivity index (χ1v) is 10.4. The Hall–Kier alpha value is -2.70. The number of thiophene rings is 1. The van der Waals surface area contributed by atoms with Crippen LogP contribution in [0.25, 0.3) is 10.1 Å². The number of carbonyl (C=O) groups is 3. The van der Waals surface area contributed by atoms with Crippen LogP contribution in [0.4, 0.5) is 5.69 Å². The molecule has 148 valence electrons. The molecule has 0 saturated heterocycles. The van der Waals surface area contributed by atoms with Gasteiger partial charge in [-0.2, -0.15) is 0 Å². The van der Waals surface area contributed by atoms with Crippen molar-refractivity contribution < 1.29 is 19.1 Å². The second-order valence-electron chi connectivity index (χ2n) is 6.92. The van der Waals surface area contributed by atoms with Gasteiger partial charge in [-0.25, -0.2) is 4.79 Å². The first kappa shape index (κ1) is 19.6. The lowest BCUT2D eigenvalue weighted by Crippen LogP contribution is -2.26. The molecule has 5 nitrogen and oxygen atoms in total. The minimum atomic E-state index is -0.952. The standard InChI is InChI=1S/C22H18ClNO4S/c1-12(28-22(27)21-19(23)16-5-3-4-6-18(16)29-21)20(26)15-7-8-17-14(11-15)9-10-24(17)13(2)25/h3-8,11-12H,9-10H2,1-2H3. The quantitative estimate of drug-likeness (QED) is 0.439. The molecule has 1 amide bonds. The summed E-state index contributed by atoms with van der Waals surface area (Å²) >= 11 is 7.57. The lowest BCUT2D eigenvalue weighted by Gasteiger charge is -2.16. The van der Waals surface area contributed by atoms with Crippen LogP contribution in [0.2, 0.25) is 5.02 Å². The average Bonchev–Trinajstić information content (AvgIpc) is 3.28. The number of esters is 1. The molecule has 0 N–H and O–H groups in total. The number of hydrogen-bond donors (Lipinski definition) is 0. The Balaban J connectivity index is 1.52. The van der Waals surface area contributed by atoms with Crippen LogP contribution in [-0.4, -0.2) is 30.3 Å². The molecule has 3 aromatic rings. The molecule has 7 heteroatoms. The highest BCUT2D eigenvalue weighted by Gasteiger charge is 2.27. The van der Waals surface area contributed by atoms with Crippen molar-refractivity contribution >= 4 is 56.4 Å². The molecule has 2 heterocycles. The number of carbonyl (C=O) groups excluding carboxylic acids is 3. The van der Waals surface area contributed by atoms with Gasteiger partial charge in [0.2, 0.25) is 11.7 Å². The van der Waals surface area contributed by atoms with Crippen LogP contribution in [0, 0.1) is 0 Å². The second-order valence-corrected chi connectivity index (χ2v) is 8.35. The third kappa shape index (κ3) is 3.54. The number of rotatable bonds is 4. The van der Waals surface area contributed by atoms with E-state index in [2.05, 4.69) is 0 Å². The summed E-state index contributed by atoms with van der Waals surface area (Å²) in [5, 5.41) is 1.14. The highest BCUT2D eigenvalue weighted by Crippen LogP contribution is 2.36. The van der Waals surface area contributed by atoms with Gasteiger partial charge in [0.1, 0.15) is 4.88 Å². The van der Waals surface area contributed by atoms with Crippen LogP contribution in [0.5, 0.6) is 0 Å². The molecule has 0 bridgehead atoms. The lowest BCUT2D eigenvalue weighted by molar-refractivity contribution is -0.116. The van der Waals surface area contributed by atoms with Crippen molar-refractivity contribution in [2.24, 2.45) is 0 Å². The zero-order valence-electron chi connectivity index (χ0n) is 15.9. The molecular formula is C22H18ClNO4S. The van der Waals surface area contributed by atoms with Crippen LogP contribution in [0.1, 0.15) is 39.4 Å². The maximum atomic E-state index is 12.8. The van der Waals surface area contributed by atoms with E-state index in [0.717, 1.165) is 21.3 Å². The summed E-state index contributed by atoms with van der Waals surface area (Å²) in [6, 6.07) is 12.7. The van der Waals surface area contributed by atoms with Gasteiger partial charge in [-0.3, -0.25) is 9.59 Å². The average molecular weight is 428 g/mol. The Morgan fingerprint density at radius 1 is 1.17 bits per heavy atom. The molecule has 1 aliphatic rings. The molecule has 2 aromatic carbocycles. The van der Waals surface area contributed by atoms with E-state index in [0.29, 0.717) is 28.4 Å². The van der Waals surface area contributed by atoms with Gasteiger partial charge >= 0.3 is 5.97 Å². The molecule has 0 aliphatic carbocycles. The predicted molar refractivity (Wildman–Crippen MR) is 114 cm³/mol. The third-order valence-corrected chi connectivity index (χ3v) is 6.67. The molecule has 0 spiro atoms. The Bertz CT molecular complexity index is 1150. The molecule has 1 aliphatic heterocycles. The van der Waals surface area contributed by atoms with E-state index in [1.165, 1.54) is 18.3 Å². The van der Waals surface area contributed by atoms with E-state index >= 15 is 0 Å². The molecule has 1 aromatic heterocycles. The number of amides is 1. The summed E-state index contributed by atoms with van der Waals surface area (Å²) in [6.07, 6.45) is -0.256. The van der Waals surface area contributed by atoms with Crippen LogP contribution < -0.4 is 4.90 Å². The zero-order valence-corrected chi connectivity index (χ0v) is 17.5. The van der Waals surface area contributed by atoms with Crippen molar-refractivity contribution in [2.75, 3.05) is 11.4 Å². The Labute approximate surface area is 176 Å². The third-order valence-electron chi connectivity index (χ3n) is 5.01. The number of fused-ring (bicyclic) bond motifs is 2. The van der Waals surface area contributed by atoms with Gasteiger partial charge in [-0.15, -0.1) is 11.3 Å². The monoisotopic (exact) mass is 427 g/mol. The summed E-state index contributed by atoms with van der Waals surface area (Å²) < 4.78 is 6.30. The van der Waals surface area contributed by atoms with Gasteiger partial charge in [0.05, 0.1) is 5.02 Å². The second kappa shape index (κ2) is 7.61. The minimum absolute atomic E-state index is 0.0228. The number of nitrogens with zero attached hydrogens (tertiary/aromatic N) is 1. The summed E-state index contributed by atoms with van der Waals surface area (Å²) in [5.41, 5.74) is 2.23. The van der Waals surface area contributed by atoms with Gasteiger partial charge in [0.25, 0.3) is 0 Å². The van der Waals surface area contributed by atoms with Crippen LogP contribution >= 0.6 is 22.9 Å². The zero-order chi connectivity index (χ0) is 20.7. The first-order valence-electron chi connectivity index (χ1n) is 9.20. The topological polar surface area (TPSA) is 63.7 Å². The normalized spacial score (nSPS) is 14.0. The molecule has 1 atom stereocenters. The number of anilines is 1. The Morgan fingerprint density at radius 3 is 2.66 bits per heavy atom. The fourth-order valence-corrected chi connectivity index (χ4v) is 4.92. The molecule has 29 heavy (non-hydrogen) atoms. The number of Topliss-reactive ketones (excluding diaryl/α,β-unsaturated/α-hetero) is 1. The molecule has 0 radical (unpaired) electrons. The van der Waals surface area contributed by atoms with Gasteiger partial charge < -0.3 is 9.64 Å². The van der Waals surface area contributed by atoms with E-state index in [-0.39, 0.29) is 11.7 Å². The van der Waals surface area contributed by atoms with Gasteiger partial charge in [0.15, 0.2) is 6.10 Å². The van der Waals surface area contributed by atoms with E-state index < -0.39 is 12.1 Å². The summed E-state index contributed by atoms with van der Waals surface area (Å²) in [5.74, 6) is -0.925. The van der Waals surface area contributed by atoms with E-state index in [1.54, 1.807) is 30.0 Å². The molecule has 1 unspecified atom stereocenters. The maximum absolute atomic E-state index is 12.8. The minimum Gasteiger partial charge on any atom is -0.450 e. The maximum Gasteiger partial charge on any atom is 0.350 e. The molecular weight excluding hydrogens is 410 g/mol. The van der Waals surface area contributed by atoms with Gasteiger partial charge in [-0.05, 0) is 43.2 Å². The SMILES string of the molecule is CC(=O)N1CCc2cc(C(=O)C(C)OC(=O)c3sc4ccccc4c3Cl)ccc21. The number of halogens is 1. The lowest BCUT2D eigenvalue weighted by atomic mass is 10.0. The summed E-state index contributed by atoms with van der Waals surface area (Å²) in [4.78, 5) is 39.0. The van der Waals surface area contributed by atoms with E-state index in [4.69, 9.17) is 16.3 Å². The summed E-state index contributed by atoms with van der Waals surface area (Å²) in [7, 11) is 0. The predicted octanol–water partition coefficient (Wildman–Crippen LogP) is 4.89. The Morgan fingerprint density at radius 2 is 1.93 bits per heavy atom.